The third kappa shape index (κ3) is 5.16. The molecule has 0 atom stereocenters. The molecule has 5 nitrogen and oxygen atoms in total. The van der Waals surface area contributed by atoms with E-state index >= 15 is 0 Å². The number of hydrogen-bond donors (Lipinski definition) is 0. The number of carbonyl (C=O) groups excluding carboxylic acids is 1. The first-order valence-corrected chi connectivity index (χ1v) is 7.43. The van der Waals surface area contributed by atoms with Gasteiger partial charge in [0.2, 0.25) is 5.88 Å². The van der Waals surface area contributed by atoms with Gasteiger partial charge in [-0.3, -0.25) is 4.39 Å². The summed E-state index contributed by atoms with van der Waals surface area (Å²) in [4.78, 5) is 11.9. The molecule has 0 spiro atoms. The molecule has 0 N–H and O–H groups in total. The van der Waals surface area contributed by atoms with Crippen molar-refractivity contribution < 1.29 is 18.7 Å². The molecule has 0 amide bonds. The van der Waals surface area contributed by atoms with Crippen molar-refractivity contribution in [1.82, 2.24) is 9.78 Å². The van der Waals surface area contributed by atoms with Gasteiger partial charge in [-0.05, 0) is 12.8 Å². The molecule has 0 aliphatic heterocycles. The van der Waals surface area contributed by atoms with Crippen LogP contribution in [-0.2, 0) is 4.74 Å². The van der Waals surface area contributed by atoms with E-state index in [-0.39, 0.29) is 12.2 Å². The molecule has 0 unspecified atom stereocenters. The number of allylic oxidation sites excluding steroid dienone is 1. The first-order chi connectivity index (χ1) is 10.3. The second-order valence-corrected chi connectivity index (χ2v) is 6.17. The molecule has 0 aliphatic carbocycles. The third-order valence-corrected chi connectivity index (χ3v) is 2.81. The van der Waals surface area contributed by atoms with Gasteiger partial charge in [0.1, 0.15) is 5.56 Å². The number of nitrogens with zero attached hydrogens (tertiary/aromatic N) is 2. The van der Waals surface area contributed by atoms with Crippen LogP contribution in [0.15, 0.2) is 12.3 Å². The van der Waals surface area contributed by atoms with Gasteiger partial charge in [0, 0.05) is 11.6 Å². The Balaban J connectivity index is 3.08. The zero-order valence-corrected chi connectivity index (χ0v) is 13.9. The molecule has 0 aliphatic rings. The number of hydrogen-bond acceptors (Lipinski definition) is 4. The summed E-state index contributed by atoms with van der Waals surface area (Å²) in [5.74, 6) is 0.133. The maximum atomic E-state index is 12.9. The standard InChI is InChI=1S/C16H25FN2O3/c1-6-21-15(20)13-9-18-19(8-7-16(4,5)11-17)14(13)22-10-12(2)3/h7-9,12H,6,10-11H2,1-5H3. The van der Waals surface area contributed by atoms with Gasteiger partial charge >= 0.3 is 5.97 Å². The Labute approximate surface area is 131 Å². The Morgan fingerprint density at radius 2 is 2.18 bits per heavy atom. The molecular formula is C16H25FN2O3. The normalized spacial score (nSPS) is 12.1. The van der Waals surface area contributed by atoms with E-state index in [2.05, 4.69) is 5.10 Å². The molecule has 0 bridgehead atoms. The Kier molecular flexibility index (Phi) is 6.59. The van der Waals surface area contributed by atoms with Gasteiger partial charge in [0.25, 0.3) is 0 Å². The molecule has 1 aromatic rings. The summed E-state index contributed by atoms with van der Waals surface area (Å²) < 4.78 is 25.0. The van der Waals surface area contributed by atoms with E-state index in [9.17, 15) is 9.18 Å². The maximum absolute atomic E-state index is 12.9. The summed E-state index contributed by atoms with van der Waals surface area (Å²) in [6.07, 6.45) is 4.70. The van der Waals surface area contributed by atoms with Crippen molar-refractivity contribution in [3.8, 4) is 5.88 Å². The lowest BCUT2D eigenvalue weighted by Crippen LogP contribution is -2.13. The molecule has 22 heavy (non-hydrogen) atoms. The van der Waals surface area contributed by atoms with Crippen molar-refractivity contribution in [2.45, 2.75) is 34.6 Å². The van der Waals surface area contributed by atoms with Gasteiger partial charge in [0.05, 0.1) is 26.1 Å². The number of aromatic nitrogens is 2. The highest BCUT2D eigenvalue weighted by Gasteiger charge is 2.20. The van der Waals surface area contributed by atoms with Crippen LogP contribution in [0, 0.1) is 11.3 Å². The SMILES string of the molecule is CCOC(=O)c1cnn(C=CC(C)(C)CF)c1OCC(C)C. The van der Waals surface area contributed by atoms with Gasteiger partial charge in [0.15, 0.2) is 0 Å². The minimum Gasteiger partial charge on any atom is -0.477 e. The van der Waals surface area contributed by atoms with Crippen LogP contribution >= 0.6 is 0 Å². The minimum absolute atomic E-state index is 0.269. The smallest absolute Gasteiger partial charge is 0.345 e. The third-order valence-electron chi connectivity index (χ3n) is 2.81. The molecule has 0 saturated carbocycles. The monoisotopic (exact) mass is 312 g/mol. The molecule has 1 rings (SSSR count). The maximum Gasteiger partial charge on any atom is 0.345 e. The van der Waals surface area contributed by atoms with E-state index in [1.165, 1.54) is 10.9 Å². The van der Waals surface area contributed by atoms with Crippen molar-refractivity contribution in [1.29, 1.82) is 0 Å². The van der Waals surface area contributed by atoms with Crippen LogP contribution in [0.3, 0.4) is 0 Å². The number of alkyl halides is 1. The molecule has 124 valence electrons. The lowest BCUT2D eigenvalue weighted by molar-refractivity contribution is 0.0520. The number of rotatable bonds is 8. The highest BCUT2D eigenvalue weighted by Crippen LogP contribution is 2.23. The van der Waals surface area contributed by atoms with Gasteiger partial charge in [-0.25, -0.2) is 9.48 Å². The van der Waals surface area contributed by atoms with Gasteiger partial charge < -0.3 is 9.47 Å². The Hall–Kier alpha value is -1.85. The molecule has 0 fully saturated rings. The fraction of sp³-hybridized carbons (Fsp3) is 0.625. The molecule has 0 aromatic carbocycles. The van der Waals surface area contributed by atoms with Crippen LogP contribution in [-0.4, -0.2) is 35.6 Å². The molecule has 0 saturated heterocycles. The minimum atomic E-state index is -0.606. The second-order valence-electron chi connectivity index (χ2n) is 6.17. The van der Waals surface area contributed by atoms with E-state index in [1.54, 1.807) is 33.0 Å². The number of ether oxygens (including phenoxy) is 2. The predicted octanol–water partition coefficient (Wildman–Crippen LogP) is 3.56. The molecule has 1 heterocycles. The fourth-order valence-electron chi connectivity index (χ4n) is 1.51. The summed E-state index contributed by atoms with van der Waals surface area (Å²) in [7, 11) is 0. The van der Waals surface area contributed by atoms with E-state index in [0.29, 0.717) is 18.4 Å². The van der Waals surface area contributed by atoms with E-state index in [1.807, 2.05) is 13.8 Å². The highest BCUT2D eigenvalue weighted by atomic mass is 19.1. The molecule has 6 heteroatoms. The van der Waals surface area contributed by atoms with Gasteiger partial charge in [-0.15, -0.1) is 0 Å². The Bertz CT molecular complexity index is 521. The lowest BCUT2D eigenvalue weighted by atomic mass is 9.96. The summed E-state index contributed by atoms with van der Waals surface area (Å²) >= 11 is 0. The first-order valence-electron chi connectivity index (χ1n) is 7.43. The van der Waals surface area contributed by atoms with Crippen LogP contribution in [0.5, 0.6) is 5.88 Å². The van der Waals surface area contributed by atoms with Gasteiger partial charge in [-0.1, -0.05) is 33.8 Å². The van der Waals surface area contributed by atoms with Crippen molar-refractivity contribution >= 4 is 12.2 Å². The highest BCUT2D eigenvalue weighted by molar-refractivity contribution is 5.91. The summed E-state index contributed by atoms with van der Waals surface area (Å²) in [5, 5.41) is 4.12. The van der Waals surface area contributed by atoms with Crippen LogP contribution in [0.2, 0.25) is 0 Å². The Morgan fingerprint density at radius 1 is 1.50 bits per heavy atom. The topological polar surface area (TPSA) is 53.3 Å². The van der Waals surface area contributed by atoms with Crippen LogP contribution in [0.25, 0.3) is 6.20 Å². The van der Waals surface area contributed by atoms with E-state index < -0.39 is 18.1 Å². The fourth-order valence-corrected chi connectivity index (χ4v) is 1.51. The van der Waals surface area contributed by atoms with Crippen molar-refractivity contribution in [2.24, 2.45) is 11.3 Å². The van der Waals surface area contributed by atoms with Crippen molar-refractivity contribution in [3.63, 3.8) is 0 Å². The van der Waals surface area contributed by atoms with Crippen LogP contribution < -0.4 is 4.74 Å². The van der Waals surface area contributed by atoms with Crippen molar-refractivity contribution in [3.05, 3.63) is 17.8 Å². The summed E-state index contributed by atoms with van der Waals surface area (Å²) in [6, 6.07) is 0. The number of esters is 1. The van der Waals surface area contributed by atoms with E-state index in [4.69, 9.17) is 9.47 Å². The number of halogens is 1. The Morgan fingerprint density at radius 3 is 2.73 bits per heavy atom. The number of carbonyl (C=O) groups is 1. The average molecular weight is 312 g/mol. The molecular weight excluding hydrogens is 287 g/mol. The first kappa shape index (κ1) is 18.2. The second kappa shape index (κ2) is 7.96. The largest absolute Gasteiger partial charge is 0.477 e. The average Bonchev–Trinajstić information content (AvgIpc) is 2.86. The van der Waals surface area contributed by atoms with E-state index in [0.717, 1.165) is 0 Å². The zero-order chi connectivity index (χ0) is 16.8. The van der Waals surface area contributed by atoms with Crippen LogP contribution in [0.4, 0.5) is 4.39 Å². The van der Waals surface area contributed by atoms with Gasteiger partial charge in [-0.2, -0.15) is 5.10 Å². The quantitative estimate of drug-likeness (QED) is 0.689. The lowest BCUT2D eigenvalue weighted by Gasteiger charge is -2.15. The molecule has 1 aromatic heterocycles. The zero-order valence-electron chi connectivity index (χ0n) is 13.9. The molecule has 0 radical (unpaired) electrons. The van der Waals surface area contributed by atoms with Crippen molar-refractivity contribution in [2.75, 3.05) is 19.9 Å². The summed E-state index contributed by atoms with van der Waals surface area (Å²) in [6.45, 7) is 9.52. The van der Waals surface area contributed by atoms with Crippen LogP contribution in [0.1, 0.15) is 45.0 Å². The summed E-state index contributed by atoms with van der Waals surface area (Å²) in [5.41, 5.74) is -0.337. The predicted molar refractivity (Wildman–Crippen MR) is 83.6 cm³/mol.